The summed E-state index contributed by atoms with van der Waals surface area (Å²) >= 11 is 0. The van der Waals surface area contributed by atoms with Crippen LogP contribution in [-0.4, -0.2) is 23.7 Å². The molecule has 0 radical (unpaired) electrons. The molecule has 5 heteroatoms. The molecule has 0 unspecified atom stereocenters. The largest absolute Gasteiger partial charge is 0.309 e. The van der Waals surface area contributed by atoms with Gasteiger partial charge in [0.1, 0.15) is 0 Å². The van der Waals surface area contributed by atoms with E-state index in [1.54, 1.807) is 0 Å². The number of aromatic nitrogens is 5. The Labute approximate surface area is 539 Å². The minimum absolute atomic E-state index is 0.110. The predicted molar refractivity (Wildman–Crippen MR) is 387 cm³/mol. The van der Waals surface area contributed by atoms with Gasteiger partial charge < -0.3 is 13.7 Å². The van der Waals surface area contributed by atoms with Gasteiger partial charge in [-0.1, -0.05) is 222 Å². The van der Waals surface area contributed by atoms with E-state index >= 15 is 0 Å². The molecule has 438 valence electrons. The second-order valence-corrected chi connectivity index (χ2v) is 26.5. The van der Waals surface area contributed by atoms with Crippen LogP contribution >= 0.6 is 0 Å². The third kappa shape index (κ3) is 7.99. The van der Waals surface area contributed by atoms with Crippen molar-refractivity contribution in [2.45, 2.75) is 38.5 Å². The molecule has 0 amide bonds. The molecule has 0 aliphatic heterocycles. The summed E-state index contributed by atoms with van der Waals surface area (Å²) < 4.78 is 7.39. The SMILES string of the molecule is CC1(C)c2ccccc2-c2ccc(-n3c4ccccc4c4cc(-c5ccc6c7ccc(-c8ccc9c(c8)c8ccccc8n9-c8ccc9c(c8)C(C)(C)c8ccccc8-9)cc7n(-c7ccc(-c8nc(-c9ccccc9)cc(-c9ccccc9)n8)cc7)c6c5)ccc43)cc21. The van der Waals surface area contributed by atoms with E-state index in [-0.39, 0.29) is 10.8 Å². The number of rotatable bonds is 8. The van der Waals surface area contributed by atoms with Crippen molar-refractivity contribution >= 4 is 65.4 Å². The lowest BCUT2D eigenvalue weighted by Gasteiger charge is -2.22. The molecule has 13 aromatic carbocycles. The molecule has 0 saturated heterocycles. The summed E-state index contributed by atoms with van der Waals surface area (Å²) in [5.74, 6) is 0.679. The minimum Gasteiger partial charge on any atom is -0.309 e. The molecule has 0 saturated carbocycles. The van der Waals surface area contributed by atoms with E-state index in [4.69, 9.17) is 9.97 Å². The summed E-state index contributed by atoms with van der Waals surface area (Å²) in [5, 5.41) is 7.29. The Morgan fingerprint density at radius 3 is 1.06 bits per heavy atom. The quantitative estimate of drug-likeness (QED) is 0.152. The first kappa shape index (κ1) is 53.2. The second kappa shape index (κ2) is 19.9. The molecular formula is C88H61N5. The lowest BCUT2D eigenvalue weighted by atomic mass is 9.82. The molecule has 0 spiro atoms. The molecule has 4 aromatic heterocycles. The van der Waals surface area contributed by atoms with Crippen molar-refractivity contribution in [3.8, 4) is 95.5 Å². The molecule has 0 N–H and O–H groups in total. The van der Waals surface area contributed by atoms with Gasteiger partial charge in [-0.25, -0.2) is 9.97 Å². The zero-order valence-electron chi connectivity index (χ0n) is 52.0. The smallest absolute Gasteiger partial charge is 0.160 e. The van der Waals surface area contributed by atoms with Gasteiger partial charge in [0.2, 0.25) is 0 Å². The van der Waals surface area contributed by atoms with Gasteiger partial charge in [-0.2, -0.15) is 0 Å². The molecule has 19 rings (SSSR count). The number of nitrogens with zero attached hydrogens (tertiary/aromatic N) is 5. The van der Waals surface area contributed by atoms with Crippen LogP contribution in [0.15, 0.2) is 297 Å². The van der Waals surface area contributed by atoms with Crippen LogP contribution in [0.5, 0.6) is 0 Å². The van der Waals surface area contributed by atoms with Gasteiger partial charge in [-0.15, -0.1) is 0 Å². The third-order valence-electron chi connectivity index (χ3n) is 20.7. The highest BCUT2D eigenvalue weighted by atomic mass is 15.0. The Hall–Kier alpha value is -11.7. The molecule has 0 atom stereocenters. The normalized spacial score (nSPS) is 13.5. The molecule has 17 aromatic rings. The van der Waals surface area contributed by atoms with E-state index in [0.717, 1.165) is 67.1 Å². The van der Waals surface area contributed by atoms with Gasteiger partial charge in [0.05, 0.1) is 44.5 Å². The summed E-state index contributed by atoms with van der Waals surface area (Å²) in [6.07, 6.45) is 0. The van der Waals surface area contributed by atoms with E-state index in [0.29, 0.717) is 5.82 Å². The van der Waals surface area contributed by atoms with Crippen molar-refractivity contribution in [1.29, 1.82) is 0 Å². The van der Waals surface area contributed by atoms with E-state index in [9.17, 15) is 0 Å². The summed E-state index contributed by atoms with van der Waals surface area (Å²) in [6.45, 7) is 9.45. The van der Waals surface area contributed by atoms with E-state index in [1.807, 2.05) is 12.1 Å². The number of hydrogen-bond acceptors (Lipinski definition) is 2. The first-order chi connectivity index (χ1) is 45.6. The Bertz CT molecular complexity index is 5640. The van der Waals surface area contributed by atoms with Gasteiger partial charge in [-0.05, 0) is 170 Å². The van der Waals surface area contributed by atoms with Crippen LogP contribution in [0.25, 0.3) is 161 Å². The molecular weight excluding hydrogens is 1130 g/mol. The zero-order valence-corrected chi connectivity index (χ0v) is 52.0. The predicted octanol–water partition coefficient (Wildman–Crippen LogP) is 22.7. The summed E-state index contributed by atoms with van der Waals surface area (Å²) in [5.41, 5.74) is 30.5. The van der Waals surface area contributed by atoms with Crippen LogP contribution in [0.1, 0.15) is 49.9 Å². The van der Waals surface area contributed by atoms with Crippen LogP contribution in [0.2, 0.25) is 0 Å². The maximum atomic E-state index is 5.23. The number of hydrogen-bond donors (Lipinski definition) is 0. The Morgan fingerprint density at radius 2 is 0.581 bits per heavy atom. The van der Waals surface area contributed by atoms with Crippen LogP contribution in [0, 0.1) is 0 Å². The molecule has 93 heavy (non-hydrogen) atoms. The second-order valence-electron chi connectivity index (χ2n) is 26.5. The Balaban J connectivity index is 0.763. The van der Waals surface area contributed by atoms with E-state index in [1.165, 1.54) is 110 Å². The fourth-order valence-electron chi connectivity index (χ4n) is 16.0. The average Bonchev–Trinajstić information content (AvgIpc) is 1.59. The Morgan fingerprint density at radius 1 is 0.226 bits per heavy atom. The highest BCUT2D eigenvalue weighted by molar-refractivity contribution is 6.14. The molecule has 0 bridgehead atoms. The van der Waals surface area contributed by atoms with Gasteiger partial charge in [0, 0.05) is 76.9 Å². The van der Waals surface area contributed by atoms with Crippen molar-refractivity contribution in [2.24, 2.45) is 0 Å². The number of fused-ring (bicyclic) bond motifs is 15. The highest BCUT2D eigenvalue weighted by Crippen LogP contribution is 2.52. The fraction of sp³-hybridized carbons (Fsp3) is 0.0682. The minimum atomic E-state index is -0.110. The standard InChI is InChI=1S/C88H61N5/c1-87(2)74-27-15-11-23-64(74)66-43-39-62(51-76(66)87)92-80-29-17-13-25-68(80)72-47-57(35-45-82(72)92)59-33-41-70-71-42-34-60(58-36-46-83-73(48-58)69-26-14-18-30-81(69)93(83)63-40-44-67-65-24-12-16-28-75(65)88(3,4)77(67)52-63)50-85(71)91(84(70)49-59)61-37-31-56(32-38-61)86-89-78(54-19-7-5-8-20-54)53-79(90-86)55-21-9-6-10-22-55/h5-53H,1-4H3. The molecule has 5 nitrogen and oxygen atoms in total. The van der Waals surface area contributed by atoms with Crippen molar-refractivity contribution in [3.63, 3.8) is 0 Å². The van der Waals surface area contributed by atoms with Gasteiger partial charge in [0.25, 0.3) is 0 Å². The number of para-hydroxylation sites is 2. The molecule has 2 aliphatic rings. The molecule has 0 fully saturated rings. The summed E-state index contributed by atoms with van der Waals surface area (Å²) in [7, 11) is 0. The van der Waals surface area contributed by atoms with Crippen LogP contribution < -0.4 is 0 Å². The van der Waals surface area contributed by atoms with Crippen LogP contribution in [0.3, 0.4) is 0 Å². The van der Waals surface area contributed by atoms with Gasteiger partial charge >= 0.3 is 0 Å². The lowest BCUT2D eigenvalue weighted by Crippen LogP contribution is -2.15. The Kier molecular flexibility index (Phi) is 11.4. The maximum Gasteiger partial charge on any atom is 0.160 e. The summed E-state index contributed by atoms with van der Waals surface area (Å²) in [4.78, 5) is 10.5. The topological polar surface area (TPSA) is 40.6 Å². The van der Waals surface area contributed by atoms with Crippen molar-refractivity contribution in [2.75, 3.05) is 0 Å². The molecule has 2 aliphatic carbocycles. The van der Waals surface area contributed by atoms with Crippen LogP contribution in [-0.2, 0) is 10.8 Å². The number of benzene rings is 13. The zero-order chi connectivity index (χ0) is 61.8. The fourth-order valence-corrected chi connectivity index (χ4v) is 16.0. The van der Waals surface area contributed by atoms with Crippen molar-refractivity contribution in [1.82, 2.24) is 23.7 Å². The third-order valence-corrected chi connectivity index (χ3v) is 20.7. The van der Waals surface area contributed by atoms with E-state index in [2.05, 4.69) is 327 Å². The van der Waals surface area contributed by atoms with Gasteiger partial charge in [-0.3, -0.25) is 0 Å². The summed E-state index contributed by atoms with van der Waals surface area (Å²) in [6, 6.07) is 110. The average molecular weight is 1190 g/mol. The lowest BCUT2D eigenvalue weighted by molar-refractivity contribution is 0.660. The first-order valence-electron chi connectivity index (χ1n) is 32.4. The molecule has 4 heterocycles. The monoisotopic (exact) mass is 1190 g/mol. The highest BCUT2D eigenvalue weighted by Gasteiger charge is 2.37. The maximum absolute atomic E-state index is 5.23. The van der Waals surface area contributed by atoms with Crippen molar-refractivity contribution in [3.05, 3.63) is 320 Å². The van der Waals surface area contributed by atoms with Crippen molar-refractivity contribution < 1.29 is 0 Å². The first-order valence-corrected chi connectivity index (χ1v) is 32.4. The van der Waals surface area contributed by atoms with E-state index < -0.39 is 0 Å². The van der Waals surface area contributed by atoms with Gasteiger partial charge in [0.15, 0.2) is 5.82 Å². The van der Waals surface area contributed by atoms with Crippen LogP contribution in [0.4, 0.5) is 0 Å².